The van der Waals surface area contributed by atoms with Gasteiger partial charge in [0.1, 0.15) is 0 Å². The molecule has 0 amide bonds. The molecule has 1 aliphatic carbocycles. The molecule has 0 radical (unpaired) electrons. The van der Waals surface area contributed by atoms with Gasteiger partial charge in [0.25, 0.3) is 0 Å². The molecular formula is C16H23ClO3. The highest BCUT2D eigenvalue weighted by Gasteiger charge is 2.29. The molecule has 0 aromatic carbocycles. The lowest BCUT2D eigenvalue weighted by Gasteiger charge is -2.33. The summed E-state index contributed by atoms with van der Waals surface area (Å²) in [7, 11) is 0. The number of carbonyl (C=O) groups excluding carboxylic acids is 2. The van der Waals surface area contributed by atoms with Gasteiger partial charge in [-0.05, 0) is 24.2 Å². The lowest BCUT2D eigenvalue weighted by molar-refractivity contribution is -0.141. The zero-order valence-corrected chi connectivity index (χ0v) is 13.2. The van der Waals surface area contributed by atoms with Crippen LogP contribution in [0.2, 0.25) is 0 Å². The zero-order valence-electron chi connectivity index (χ0n) is 12.4. The van der Waals surface area contributed by atoms with Gasteiger partial charge < -0.3 is 4.74 Å². The third-order valence-electron chi connectivity index (χ3n) is 3.58. The molecule has 0 aromatic heterocycles. The molecule has 3 nitrogen and oxygen atoms in total. The van der Waals surface area contributed by atoms with Crippen molar-refractivity contribution in [3.05, 3.63) is 23.8 Å². The zero-order chi connectivity index (χ0) is 15.2. The molecule has 0 fully saturated rings. The van der Waals surface area contributed by atoms with Crippen LogP contribution in [0.3, 0.4) is 0 Å². The first-order valence-electron chi connectivity index (χ1n) is 7.00. The monoisotopic (exact) mass is 298 g/mol. The Morgan fingerprint density at radius 2 is 2.10 bits per heavy atom. The van der Waals surface area contributed by atoms with Gasteiger partial charge in [-0.1, -0.05) is 32.1 Å². The van der Waals surface area contributed by atoms with Crippen LogP contribution < -0.4 is 0 Å². The summed E-state index contributed by atoms with van der Waals surface area (Å²) in [5.41, 5.74) is 0.657. The van der Waals surface area contributed by atoms with E-state index >= 15 is 0 Å². The summed E-state index contributed by atoms with van der Waals surface area (Å²) < 4.78 is 4.99. The van der Waals surface area contributed by atoms with E-state index in [1.54, 1.807) is 0 Å². The van der Waals surface area contributed by atoms with Crippen LogP contribution in [0.1, 0.15) is 40.0 Å². The standard InChI is InChI=1S/C16H23ClO3/c1-12(18)20-10-8-14-7-6-13(11-16(14,2)3)15(19)5-4-9-17/h6-7,11,14H,4-5,8-10H2,1-3H3. The van der Waals surface area contributed by atoms with Gasteiger partial charge in [-0.25, -0.2) is 0 Å². The highest BCUT2D eigenvalue weighted by atomic mass is 35.5. The third-order valence-corrected chi connectivity index (χ3v) is 3.85. The number of ketones is 1. The smallest absolute Gasteiger partial charge is 0.302 e. The van der Waals surface area contributed by atoms with Crippen molar-refractivity contribution in [1.82, 2.24) is 0 Å². The number of allylic oxidation sites excluding steroid dienone is 4. The topological polar surface area (TPSA) is 43.4 Å². The fraction of sp³-hybridized carbons (Fsp3) is 0.625. The van der Waals surface area contributed by atoms with E-state index in [0.717, 1.165) is 12.0 Å². The number of alkyl halides is 1. The Balaban J connectivity index is 2.62. The molecular weight excluding hydrogens is 276 g/mol. The Kier molecular flexibility index (Phi) is 6.47. The summed E-state index contributed by atoms with van der Waals surface area (Å²) in [4.78, 5) is 22.8. The SMILES string of the molecule is CC(=O)OCCC1C=CC(C(=O)CCCCl)=CC1(C)C. The lowest BCUT2D eigenvalue weighted by atomic mass is 9.72. The molecule has 0 saturated carbocycles. The van der Waals surface area contributed by atoms with E-state index in [4.69, 9.17) is 16.3 Å². The number of ether oxygens (including phenoxy) is 1. The second-order valence-corrected chi connectivity index (χ2v) is 6.11. The summed E-state index contributed by atoms with van der Waals surface area (Å²) in [6.07, 6.45) is 7.94. The molecule has 0 spiro atoms. The second kappa shape index (κ2) is 7.63. The first kappa shape index (κ1) is 17.0. The fourth-order valence-electron chi connectivity index (χ4n) is 2.37. The number of hydrogen-bond acceptors (Lipinski definition) is 3. The molecule has 0 bridgehead atoms. The van der Waals surface area contributed by atoms with Gasteiger partial charge in [0, 0.05) is 24.8 Å². The van der Waals surface area contributed by atoms with Gasteiger partial charge in [-0.2, -0.15) is 0 Å². The maximum Gasteiger partial charge on any atom is 0.302 e. The number of rotatable bonds is 7. The van der Waals surface area contributed by atoms with Crippen LogP contribution in [-0.2, 0) is 14.3 Å². The minimum Gasteiger partial charge on any atom is -0.466 e. The highest BCUT2D eigenvalue weighted by Crippen LogP contribution is 2.37. The molecule has 112 valence electrons. The predicted octanol–water partition coefficient (Wildman–Crippen LogP) is 3.67. The largest absolute Gasteiger partial charge is 0.466 e. The van der Waals surface area contributed by atoms with Gasteiger partial charge in [0.15, 0.2) is 5.78 Å². The van der Waals surface area contributed by atoms with Crippen molar-refractivity contribution in [3.63, 3.8) is 0 Å². The van der Waals surface area contributed by atoms with E-state index in [-0.39, 0.29) is 23.1 Å². The number of Topliss-reactive ketones (excluding diaryl/α,β-unsaturated/α-hetero) is 1. The molecule has 0 saturated heterocycles. The second-order valence-electron chi connectivity index (χ2n) is 5.73. The van der Waals surface area contributed by atoms with Crippen molar-refractivity contribution in [2.24, 2.45) is 11.3 Å². The van der Waals surface area contributed by atoms with Crippen molar-refractivity contribution >= 4 is 23.4 Å². The minimum absolute atomic E-state index is 0.110. The van der Waals surface area contributed by atoms with Crippen LogP contribution in [0.15, 0.2) is 23.8 Å². The van der Waals surface area contributed by atoms with Crippen molar-refractivity contribution in [1.29, 1.82) is 0 Å². The highest BCUT2D eigenvalue weighted by molar-refractivity contribution is 6.18. The Morgan fingerprint density at radius 1 is 1.40 bits per heavy atom. The average Bonchev–Trinajstić information content (AvgIpc) is 2.36. The molecule has 4 heteroatoms. The Bertz CT molecular complexity index is 421. The maximum absolute atomic E-state index is 12.0. The Morgan fingerprint density at radius 3 is 2.65 bits per heavy atom. The molecule has 0 N–H and O–H groups in total. The minimum atomic E-state index is -0.255. The third kappa shape index (κ3) is 5.12. The molecule has 0 aromatic rings. The fourth-order valence-corrected chi connectivity index (χ4v) is 2.50. The van der Waals surface area contributed by atoms with Gasteiger partial charge >= 0.3 is 5.97 Å². The summed E-state index contributed by atoms with van der Waals surface area (Å²) in [5, 5.41) is 0. The summed E-state index contributed by atoms with van der Waals surface area (Å²) in [6.45, 7) is 6.03. The quantitative estimate of drug-likeness (QED) is 0.532. The van der Waals surface area contributed by atoms with Crippen LogP contribution in [0.5, 0.6) is 0 Å². The average molecular weight is 299 g/mol. The molecule has 0 heterocycles. The van der Waals surface area contributed by atoms with Crippen LogP contribution in [0.4, 0.5) is 0 Å². The normalized spacial score (nSPS) is 20.4. The molecule has 1 rings (SSSR count). The van der Waals surface area contributed by atoms with E-state index in [1.165, 1.54) is 6.92 Å². The first-order chi connectivity index (χ1) is 9.36. The Hall–Kier alpha value is -1.09. The molecule has 20 heavy (non-hydrogen) atoms. The predicted molar refractivity (Wildman–Crippen MR) is 80.7 cm³/mol. The van der Waals surface area contributed by atoms with E-state index in [0.29, 0.717) is 25.3 Å². The van der Waals surface area contributed by atoms with Crippen LogP contribution in [-0.4, -0.2) is 24.2 Å². The number of esters is 1. The van der Waals surface area contributed by atoms with Gasteiger partial charge in [0.2, 0.25) is 0 Å². The van der Waals surface area contributed by atoms with Crippen LogP contribution in [0, 0.1) is 11.3 Å². The number of hydrogen-bond donors (Lipinski definition) is 0. The summed E-state index contributed by atoms with van der Waals surface area (Å²) >= 11 is 5.62. The number of carbonyl (C=O) groups is 2. The molecule has 1 atom stereocenters. The van der Waals surface area contributed by atoms with Crippen LogP contribution >= 0.6 is 11.6 Å². The van der Waals surface area contributed by atoms with Crippen molar-refractivity contribution in [3.8, 4) is 0 Å². The maximum atomic E-state index is 12.0. The van der Waals surface area contributed by atoms with E-state index in [2.05, 4.69) is 19.9 Å². The first-order valence-corrected chi connectivity index (χ1v) is 7.54. The molecule has 1 aliphatic rings. The molecule has 0 aliphatic heterocycles. The summed E-state index contributed by atoms with van der Waals surface area (Å²) in [5.74, 6) is 0.673. The lowest BCUT2D eigenvalue weighted by Crippen LogP contribution is -2.26. The van der Waals surface area contributed by atoms with Gasteiger partial charge in [0.05, 0.1) is 6.61 Å². The summed E-state index contributed by atoms with van der Waals surface area (Å²) in [6, 6.07) is 0. The number of halogens is 1. The van der Waals surface area contributed by atoms with E-state index < -0.39 is 0 Å². The van der Waals surface area contributed by atoms with Gasteiger partial charge in [-0.3, -0.25) is 9.59 Å². The van der Waals surface area contributed by atoms with Gasteiger partial charge in [-0.15, -0.1) is 11.6 Å². The molecule has 1 unspecified atom stereocenters. The van der Waals surface area contributed by atoms with E-state index in [1.807, 2.05) is 12.2 Å². The Labute approximate surface area is 126 Å². The van der Waals surface area contributed by atoms with Crippen molar-refractivity contribution < 1.29 is 14.3 Å². The van der Waals surface area contributed by atoms with E-state index in [9.17, 15) is 9.59 Å². The van der Waals surface area contributed by atoms with Crippen LogP contribution in [0.25, 0.3) is 0 Å². The van der Waals surface area contributed by atoms with Crippen molar-refractivity contribution in [2.75, 3.05) is 12.5 Å². The van der Waals surface area contributed by atoms with Crippen molar-refractivity contribution in [2.45, 2.75) is 40.0 Å².